The Morgan fingerprint density at radius 1 is 0.943 bits per heavy atom. The molecule has 9 nitrogen and oxygen atoms in total. The second-order valence-corrected chi connectivity index (χ2v) is 8.68. The lowest BCUT2D eigenvalue weighted by atomic mass is 10.0. The van der Waals surface area contributed by atoms with Crippen molar-refractivity contribution in [2.45, 2.75) is 83.2 Å². The number of carboxylic acid groups (broad SMARTS) is 1. The average Bonchev–Trinajstić information content (AvgIpc) is 3.36. The van der Waals surface area contributed by atoms with Gasteiger partial charge in [-0.3, -0.25) is 4.79 Å². The van der Waals surface area contributed by atoms with E-state index in [2.05, 4.69) is 27.5 Å². The number of aromatic amines is 1. The Kier molecular flexibility index (Phi) is 13.0. The summed E-state index contributed by atoms with van der Waals surface area (Å²) in [6, 6.07) is 7.06. The van der Waals surface area contributed by atoms with Gasteiger partial charge >= 0.3 is 12.1 Å². The minimum atomic E-state index is -1.18. The summed E-state index contributed by atoms with van der Waals surface area (Å²) >= 11 is 0. The molecule has 0 fully saturated rings. The topological polar surface area (TPSA) is 133 Å². The van der Waals surface area contributed by atoms with Crippen molar-refractivity contribution in [2.75, 3.05) is 6.61 Å². The van der Waals surface area contributed by atoms with Crippen molar-refractivity contribution >= 4 is 18.0 Å². The monoisotopic (exact) mass is 486 g/mol. The van der Waals surface area contributed by atoms with Crippen LogP contribution in [0.3, 0.4) is 0 Å². The molecule has 1 aromatic heterocycles. The number of aliphatic carboxylic acids is 1. The Bertz CT molecular complexity index is 873. The summed E-state index contributed by atoms with van der Waals surface area (Å²) in [6.07, 6.45) is 11.6. The van der Waals surface area contributed by atoms with Gasteiger partial charge in [0.1, 0.15) is 12.1 Å². The highest BCUT2D eigenvalue weighted by atomic mass is 16.5. The van der Waals surface area contributed by atoms with E-state index in [-0.39, 0.29) is 19.4 Å². The molecule has 0 spiro atoms. The zero-order valence-corrected chi connectivity index (χ0v) is 20.5. The van der Waals surface area contributed by atoms with Crippen LogP contribution >= 0.6 is 0 Å². The van der Waals surface area contributed by atoms with Gasteiger partial charge in [0.2, 0.25) is 5.91 Å². The Morgan fingerprint density at radius 3 is 2.26 bits per heavy atom. The third kappa shape index (κ3) is 11.6. The number of nitrogens with one attached hydrogen (secondary N) is 3. The van der Waals surface area contributed by atoms with Crippen LogP contribution in [0.5, 0.6) is 0 Å². The van der Waals surface area contributed by atoms with E-state index < -0.39 is 30.1 Å². The number of rotatable bonds is 17. The molecule has 1 aromatic carbocycles. The number of imidazole rings is 1. The first-order chi connectivity index (χ1) is 17.0. The first-order valence-electron chi connectivity index (χ1n) is 12.5. The maximum Gasteiger partial charge on any atom is 0.407 e. The summed E-state index contributed by atoms with van der Waals surface area (Å²) < 4.78 is 5.28. The number of benzene rings is 1. The largest absolute Gasteiger partial charge is 0.480 e. The number of hydrogen-bond donors (Lipinski definition) is 4. The zero-order valence-electron chi connectivity index (χ0n) is 20.5. The number of hydrogen-bond acceptors (Lipinski definition) is 5. The second-order valence-electron chi connectivity index (χ2n) is 8.68. The van der Waals surface area contributed by atoms with Crippen molar-refractivity contribution in [3.05, 3.63) is 54.1 Å². The number of H-pyrrole nitrogens is 1. The molecule has 4 N–H and O–H groups in total. The molecule has 0 aliphatic carbocycles. The predicted octanol–water partition coefficient (Wildman–Crippen LogP) is 4.00. The lowest BCUT2D eigenvalue weighted by Crippen LogP contribution is -2.53. The molecular weight excluding hydrogens is 448 g/mol. The lowest BCUT2D eigenvalue weighted by Gasteiger charge is -2.21. The van der Waals surface area contributed by atoms with Crippen molar-refractivity contribution in [3.63, 3.8) is 0 Å². The molecular formula is C26H38N4O5. The summed E-state index contributed by atoms with van der Waals surface area (Å²) in [5.74, 6) is -1.77. The Morgan fingerprint density at radius 2 is 1.63 bits per heavy atom. The summed E-state index contributed by atoms with van der Waals surface area (Å²) in [6.45, 7) is 2.47. The fraction of sp³-hybridized carbons (Fsp3) is 0.538. The maximum atomic E-state index is 13.0. The number of unbranched alkanes of at least 4 members (excludes halogenated alkanes) is 7. The molecule has 0 radical (unpaired) electrons. The number of ether oxygens (including phenoxy) is 1. The first kappa shape index (κ1) is 27.9. The van der Waals surface area contributed by atoms with Gasteiger partial charge in [0, 0.05) is 24.7 Å². The molecule has 192 valence electrons. The van der Waals surface area contributed by atoms with Gasteiger partial charge < -0.3 is 25.5 Å². The molecule has 0 saturated carbocycles. The van der Waals surface area contributed by atoms with E-state index >= 15 is 0 Å². The first-order valence-corrected chi connectivity index (χ1v) is 12.5. The van der Waals surface area contributed by atoms with Gasteiger partial charge in [-0.05, 0) is 12.0 Å². The lowest BCUT2D eigenvalue weighted by molar-refractivity contribution is -0.142. The van der Waals surface area contributed by atoms with Crippen LogP contribution in [-0.4, -0.2) is 51.7 Å². The van der Waals surface area contributed by atoms with Gasteiger partial charge in [-0.25, -0.2) is 14.6 Å². The Hall–Kier alpha value is -3.36. The summed E-state index contributed by atoms with van der Waals surface area (Å²) in [5.41, 5.74) is 1.41. The Balaban J connectivity index is 1.86. The van der Waals surface area contributed by atoms with Crippen molar-refractivity contribution in [1.29, 1.82) is 0 Å². The molecule has 9 heteroatoms. The summed E-state index contributed by atoms with van der Waals surface area (Å²) in [7, 11) is 0. The van der Waals surface area contributed by atoms with E-state index in [0.29, 0.717) is 5.69 Å². The highest BCUT2D eigenvalue weighted by Crippen LogP contribution is 2.09. The van der Waals surface area contributed by atoms with Gasteiger partial charge in [0.05, 0.1) is 12.9 Å². The predicted molar refractivity (Wildman–Crippen MR) is 133 cm³/mol. The van der Waals surface area contributed by atoms with Crippen molar-refractivity contribution in [2.24, 2.45) is 0 Å². The third-order valence-electron chi connectivity index (χ3n) is 5.72. The fourth-order valence-corrected chi connectivity index (χ4v) is 3.73. The molecule has 2 atom stereocenters. The van der Waals surface area contributed by atoms with E-state index in [4.69, 9.17) is 4.74 Å². The van der Waals surface area contributed by atoms with Crippen LogP contribution in [0.4, 0.5) is 4.79 Å². The number of alkyl carbamates (subject to hydrolysis) is 1. The minimum absolute atomic E-state index is 0.0437. The highest BCUT2D eigenvalue weighted by molar-refractivity contribution is 5.89. The standard InChI is InChI=1S/C26H38N4O5/c1-2-3-4-5-6-7-8-12-15-35-26(34)30-22(16-20-13-10-9-11-14-20)24(31)29-23(25(32)33)17-21-18-27-19-28-21/h9-11,13-14,18-19,22-23H,2-8,12,15-17H2,1H3,(H,27,28)(H,29,31)(H,30,34)(H,32,33)/t22-,23-/m0/s1. The average molecular weight is 487 g/mol. The Labute approximate surface area is 207 Å². The highest BCUT2D eigenvalue weighted by Gasteiger charge is 2.27. The molecule has 2 rings (SSSR count). The van der Waals surface area contributed by atoms with Gasteiger partial charge in [-0.1, -0.05) is 82.2 Å². The van der Waals surface area contributed by atoms with Gasteiger partial charge in [-0.15, -0.1) is 0 Å². The zero-order chi connectivity index (χ0) is 25.3. The van der Waals surface area contributed by atoms with Crippen molar-refractivity contribution in [3.8, 4) is 0 Å². The van der Waals surface area contributed by atoms with E-state index in [1.54, 1.807) is 0 Å². The summed E-state index contributed by atoms with van der Waals surface area (Å²) in [4.78, 5) is 43.8. The summed E-state index contributed by atoms with van der Waals surface area (Å²) in [5, 5.41) is 14.7. The number of amides is 2. The van der Waals surface area contributed by atoms with Gasteiger partial charge in [0.15, 0.2) is 0 Å². The van der Waals surface area contributed by atoms with E-state index in [1.165, 1.54) is 44.6 Å². The normalized spacial score (nSPS) is 12.5. The quantitative estimate of drug-likeness (QED) is 0.250. The molecule has 35 heavy (non-hydrogen) atoms. The van der Waals surface area contributed by atoms with Crippen LogP contribution in [0.1, 0.15) is 69.5 Å². The van der Waals surface area contributed by atoms with E-state index in [0.717, 1.165) is 24.8 Å². The molecule has 0 aliphatic rings. The molecule has 0 bridgehead atoms. The molecule has 2 aromatic rings. The number of carbonyl (C=O) groups is 3. The third-order valence-corrected chi connectivity index (χ3v) is 5.72. The molecule has 0 aliphatic heterocycles. The molecule has 1 heterocycles. The fourth-order valence-electron chi connectivity index (χ4n) is 3.73. The van der Waals surface area contributed by atoms with Crippen LogP contribution < -0.4 is 10.6 Å². The van der Waals surface area contributed by atoms with Crippen molar-refractivity contribution in [1.82, 2.24) is 20.6 Å². The number of carboxylic acids is 1. The smallest absolute Gasteiger partial charge is 0.407 e. The number of aromatic nitrogens is 2. The van der Waals surface area contributed by atoms with Crippen molar-refractivity contribution < 1.29 is 24.2 Å². The maximum absolute atomic E-state index is 13.0. The molecule has 0 saturated heterocycles. The van der Waals surface area contributed by atoms with Crippen LogP contribution in [0.25, 0.3) is 0 Å². The molecule has 2 amide bonds. The van der Waals surface area contributed by atoms with Crippen LogP contribution in [0, 0.1) is 0 Å². The van der Waals surface area contributed by atoms with Gasteiger partial charge in [0.25, 0.3) is 0 Å². The van der Waals surface area contributed by atoms with E-state index in [9.17, 15) is 19.5 Å². The van der Waals surface area contributed by atoms with Gasteiger partial charge in [-0.2, -0.15) is 0 Å². The van der Waals surface area contributed by atoms with Crippen LogP contribution in [-0.2, 0) is 27.2 Å². The minimum Gasteiger partial charge on any atom is -0.480 e. The van der Waals surface area contributed by atoms with Crippen LogP contribution in [0.15, 0.2) is 42.9 Å². The van der Waals surface area contributed by atoms with Crippen LogP contribution in [0.2, 0.25) is 0 Å². The SMILES string of the molecule is CCCCCCCCCCOC(=O)N[C@@H](Cc1ccccc1)C(=O)N[C@@H](Cc1cnc[nH]1)C(=O)O. The molecule has 0 unspecified atom stereocenters. The number of nitrogens with zero attached hydrogens (tertiary/aromatic N) is 1. The second kappa shape index (κ2) is 16.3. The number of carbonyl (C=O) groups excluding carboxylic acids is 2. The van der Waals surface area contributed by atoms with E-state index in [1.807, 2.05) is 30.3 Å².